The maximum atomic E-state index is 13.5. The van der Waals surface area contributed by atoms with Crippen LogP contribution in [0.4, 0.5) is 11.4 Å². The Labute approximate surface area is 413 Å². The van der Waals surface area contributed by atoms with Crippen LogP contribution in [0.3, 0.4) is 0 Å². The number of hydrogen-bond acceptors (Lipinski definition) is 5. The van der Waals surface area contributed by atoms with E-state index in [0.717, 1.165) is 80.6 Å². The van der Waals surface area contributed by atoms with Crippen LogP contribution in [-0.2, 0) is 25.2 Å². The summed E-state index contributed by atoms with van der Waals surface area (Å²) >= 11 is 12.1. The molecule has 7 nitrogen and oxygen atoms in total. The van der Waals surface area contributed by atoms with Gasteiger partial charge in [0, 0.05) is 72.8 Å². The summed E-state index contributed by atoms with van der Waals surface area (Å²) in [6.45, 7) is 7.97. The van der Waals surface area contributed by atoms with Crippen molar-refractivity contribution in [3.63, 3.8) is 0 Å². The first-order valence-corrected chi connectivity index (χ1v) is 22.8. The molecular weight excluding hydrogens is 833 g/mol. The number of carbonyl (C=O) groups excluding carboxylic acids is 2. The van der Waals surface area contributed by atoms with Crippen molar-refractivity contribution in [2.45, 2.75) is 103 Å². The van der Waals surface area contributed by atoms with Gasteiger partial charge in [0.15, 0.2) is 17.4 Å². The van der Waals surface area contributed by atoms with Gasteiger partial charge in [0.2, 0.25) is 11.8 Å². The van der Waals surface area contributed by atoms with Crippen LogP contribution in [0, 0.1) is 11.8 Å². The maximum absolute atomic E-state index is 13.5. The first-order valence-electron chi connectivity index (χ1n) is 22.1. The number of hydrogen-bond donors (Lipinski definition) is 2. The van der Waals surface area contributed by atoms with Gasteiger partial charge in [0.25, 0.3) is 0 Å². The zero-order chi connectivity index (χ0) is 40.9. The smallest absolute Gasteiger partial charge is 1.00 e. The minimum Gasteiger partial charge on any atom is -1.00 e. The summed E-state index contributed by atoms with van der Waals surface area (Å²) in [5.41, 5.74) is 4.48. The number of carbonyl (C=O) groups is 2. The second-order valence-corrected chi connectivity index (χ2v) is 18.2. The van der Waals surface area contributed by atoms with Crippen LogP contribution in [-0.4, -0.2) is 91.5 Å². The molecule has 4 aromatic rings. The standard InChI is InChI=1S/C23H25ClN2O2.C23H29ClN2.C4H8O.2CH4.Al.Li.4H/c24-19-11-9-18(10-12-19)23(13-5-14-23)22(28)26-15-4-6-17(16-26)21(27)25-20-7-2-1-3-8-20;24-21-11-9-20(10-12-21)23(13-5-14-23)18-26-15-4-6-19(17-26)16-25-22-7-2-1-3-8-22;1-2-4-5-3-1;;;;;;;;/h1-3,7-12,17H,4-6,13-16H2,(H,25,27);1-3,7-12,19,25H,4-6,13-18H2;1-4H2;2*1H4;;;;;;/q;;;;;;+1;;;;-1/t17-;19-;;;;;;;;;/m01........./s1. The van der Waals surface area contributed by atoms with Crippen LogP contribution in [0.25, 0.3) is 0 Å². The zero-order valence-electron chi connectivity index (χ0n) is 36.6. The number of anilines is 2. The molecule has 5 aliphatic rings. The Bertz CT molecular complexity index is 1910. The van der Waals surface area contributed by atoms with Crippen molar-refractivity contribution >= 4 is 63.8 Å². The number of likely N-dealkylation sites (tertiary alicyclic amines) is 2. The molecule has 3 saturated heterocycles. The fraction of sp³-hybridized carbons (Fsp3) is 0.500. The van der Waals surface area contributed by atoms with Crippen LogP contribution in [0.1, 0.15) is 104 Å². The molecule has 63 heavy (non-hydrogen) atoms. The molecule has 3 heterocycles. The second-order valence-electron chi connectivity index (χ2n) is 17.3. The Hall–Kier alpha value is -2.75. The predicted molar refractivity (Wildman–Crippen MR) is 267 cm³/mol. The van der Waals surface area contributed by atoms with E-state index in [1.165, 1.54) is 75.8 Å². The van der Waals surface area contributed by atoms with E-state index in [0.29, 0.717) is 17.0 Å². The fourth-order valence-corrected chi connectivity index (χ4v) is 9.78. The minimum atomic E-state index is -0.442. The molecule has 0 radical (unpaired) electrons. The topological polar surface area (TPSA) is 73.9 Å². The van der Waals surface area contributed by atoms with Gasteiger partial charge in [-0.25, -0.2) is 0 Å². The van der Waals surface area contributed by atoms with Gasteiger partial charge < -0.3 is 26.6 Å². The molecule has 2 atom stereocenters. The molecule has 2 N–H and O–H groups in total. The van der Waals surface area contributed by atoms with Crippen molar-refractivity contribution in [2.75, 3.05) is 63.1 Å². The number of nitrogens with one attached hydrogen (secondary N) is 2. The van der Waals surface area contributed by atoms with E-state index in [1.54, 1.807) is 0 Å². The van der Waals surface area contributed by atoms with Crippen molar-refractivity contribution in [2.24, 2.45) is 11.8 Å². The number of benzene rings is 4. The summed E-state index contributed by atoms with van der Waals surface area (Å²) in [5.74, 6) is 0.739. The Morgan fingerprint density at radius 2 is 1.22 bits per heavy atom. The van der Waals surface area contributed by atoms with Gasteiger partial charge in [-0.1, -0.05) is 112 Å². The summed E-state index contributed by atoms with van der Waals surface area (Å²) in [4.78, 5) is 30.8. The molecule has 338 valence electrons. The summed E-state index contributed by atoms with van der Waals surface area (Å²) in [7, 11) is 0. The van der Waals surface area contributed by atoms with Gasteiger partial charge in [0.1, 0.15) is 0 Å². The molecular formula is C52H74AlCl2LiN4O3. The van der Waals surface area contributed by atoms with E-state index in [9.17, 15) is 9.59 Å². The third kappa shape index (κ3) is 14.9. The molecule has 4 aromatic carbocycles. The molecule has 0 bridgehead atoms. The summed E-state index contributed by atoms with van der Waals surface area (Å²) in [5, 5.41) is 8.13. The van der Waals surface area contributed by atoms with Crippen molar-refractivity contribution in [1.29, 1.82) is 0 Å². The quantitative estimate of drug-likeness (QED) is 0.157. The van der Waals surface area contributed by atoms with E-state index in [-0.39, 0.29) is 70.2 Å². The molecule has 2 saturated carbocycles. The van der Waals surface area contributed by atoms with Gasteiger partial charge in [0.05, 0.1) is 11.3 Å². The average Bonchev–Trinajstić information content (AvgIpc) is 3.84. The average molecular weight is 908 g/mol. The molecule has 9 rings (SSSR count). The van der Waals surface area contributed by atoms with E-state index < -0.39 is 5.41 Å². The van der Waals surface area contributed by atoms with E-state index >= 15 is 0 Å². The fourth-order valence-electron chi connectivity index (χ4n) is 9.53. The van der Waals surface area contributed by atoms with Crippen molar-refractivity contribution in [3.05, 3.63) is 130 Å². The first kappa shape index (κ1) is 54.6. The number of nitrogens with zero attached hydrogens (tertiary/aromatic N) is 2. The van der Waals surface area contributed by atoms with Crippen LogP contribution in [0.15, 0.2) is 109 Å². The molecule has 11 heteroatoms. The molecule has 0 spiro atoms. The van der Waals surface area contributed by atoms with Gasteiger partial charge in [-0.2, -0.15) is 0 Å². The molecule has 2 amide bonds. The molecule has 0 unspecified atom stereocenters. The normalized spacial score (nSPS) is 20.5. The van der Waals surface area contributed by atoms with Crippen LogP contribution >= 0.6 is 23.2 Å². The Morgan fingerprint density at radius 1 is 0.667 bits per heavy atom. The third-order valence-corrected chi connectivity index (χ3v) is 13.7. The Balaban J connectivity index is 0.000000370. The van der Waals surface area contributed by atoms with Gasteiger partial charge in [-0.15, -0.1) is 0 Å². The molecule has 2 aliphatic carbocycles. The minimum absolute atomic E-state index is 0. The molecule has 3 aliphatic heterocycles. The zero-order valence-corrected chi connectivity index (χ0v) is 37.1. The summed E-state index contributed by atoms with van der Waals surface area (Å²) < 4.78 is 4.94. The number of para-hydroxylation sites is 2. The maximum Gasteiger partial charge on any atom is 1.00 e. The number of amides is 2. The second kappa shape index (κ2) is 27.0. The van der Waals surface area contributed by atoms with Crippen molar-refractivity contribution in [3.8, 4) is 0 Å². The summed E-state index contributed by atoms with van der Waals surface area (Å²) in [6.07, 6.45) is 13.7. The third-order valence-electron chi connectivity index (χ3n) is 13.2. The number of ether oxygens (including phenoxy) is 1. The SMILES string of the molecule is C.C.C1CCOC1.Clc1ccc(C2(CN3CCC[C@H](CNc4ccccc4)C3)CCC2)cc1.O=C(Nc1ccccc1)[C@H]1CCCN(C(=O)C2(c3ccc(Cl)cc3)CCC2)C1.[AlH3].[H-].[Li+]. The van der Waals surface area contributed by atoms with Crippen molar-refractivity contribution < 1.29 is 34.6 Å². The van der Waals surface area contributed by atoms with Crippen LogP contribution in [0.5, 0.6) is 0 Å². The Morgan fingerprint density at radius 3 is 1.75 bits per heavy atom. The summed E-state index contributed by atoms with van der Waals surface area (Å²) in [6, 6.07) is 36.4. The van der Waals surface area contributed by atoms with Crippen molar-refractivity contribution in [1.82, 2.24) is 9.80 Å². The van der Waals surface area contributed by atoms with E-state index in [1.807, 2.05) is 59.5 Å². The van der Waals surface area contributed by atoms with E-state index in [2.05, 4.69) is 70.1 Å². The predicted octanol–water partition coefficient (Wildman–Crippen LogP) is 8.23. The van der Waals surface area contributed by atoms with Crippen LogP contribution in [0.2, 0.25) is 10.0 Å². The number of halogens is 2. The van der Waals surface area contributed by atoms with E-state index in [4.69, 9.17) is 27.9 Å². The van der Waals surface area contributed by atoms with Crippen LogP contribution < -0.4 is 29.5 Å². The number of piperidine rings is 2. The molecule has 0 aromatic heterocycles. The van der Waals surface area contributed by atoms with Gasteiger partial charge >= 0.3 is 18.9 Å². The van der Waals surface area contributed by atoms with Gasteiger partial charge in [-0.05, 0) is 136 Å². The largest absolute Gasteiger partial charge is 1.00 e. The molecule has 5 fully saturated rings. The Kier molecular flexibility index (Phi) is 23.4. The number of rotatable bonds is 10. The van der Waals surface area contributed by atoms with Gasteiger partial charge in [-0.3, -0.25) is 9.59 Å². The monoisotopic (exact) mass is 907 g/mol. The first-order chi connectivity index (χ1) is 28.8.